The van der Waals surface area contributed by atoms with Crippen LogP contribution in [0.15, 0.2) is 30.3 Å². The van der Waals surface area contributed by atoms with Crippen LogP contribution in [0.5, 0.6) is 0 Å². The van der Waals surface area contributed by atoms with Crippen molar-refractivity contribution in [2.24, 2.45) is 7.05 Å². The maximum absolute atomic E-state index is 13.3. The number of aromatic nitrogens is 2. The van der Waals surface area contributed by atoms with Gasteiger partial charge in [-0.05, 0) is 31.0 Å². The van der Waals surface area contributed by atoms with Crippen LogP contribution in [0.25, 0.3) is 11.3 Å². The minimum Gasteiger partial charge on any atom is -0.348 e. The van der Waals surface area contributed by atoms with Gasteiger partial charge in [0.25, 0.3) is 5.91 Å². The highest BCUT2D eigenvalue weighted by Gasteiger charge is 2.19. The summed E-state index contributed by atoms with van der Waals surface area (Å²) in [5.74, 6) is -0.447. The van der Waals surface area contributed by atoms with Gasteiger partial charge in [0.15, 0.2) is 5.69 Å². The van der Waals surface area contributed by atoms with Crippen molar-refractivity contribution >= 4 is 5.91 Å². The number of nitrogens with one attached hydrogen (secondary N) is 1. The van der Waals surface area contributed by atoms with Crippen molar-refractivity contribution in [2.45, 2.75) is 38.1 Å². The molecule has 0 bridgehead atoms. The lowest BCUT2D eigenvalue weighted by atomic mass is 9.95. The molecule has 0 saturated heterocycles. The Labute approximate surface area is 129 Å². The van der Waals surface area contributed by atoms with Crippen molar-refractivity contribution in [3.63, 3.8) is 0 Å². The van der Waals surface area contributed by atoms with Crippen molar-refractivity contribution in [3.8, 4) is 11.3 Å². The largest absolute Gasteiger partial charge is 0.348 e. The first-order chi connectivity index (χ1) is 10.6. The van der Waals surface area contributed by atoms with Gasteiger partial charge >= 0.3 is 0 Å². The maximum Gasteiger partial charge on any atom is 0.272 e. The number of benzene rings is 1. The molecule has 5 heteroatoms. The van der Waals surface area contributed by atoms with E-state index in [9.17, 15) is 9.18 Å². The Kier molecular flexibility index (Phi) is 4.22. The molecule has 0 aliphatic heterocycles. The van der Waals surface area contributed by atoms with Crippen LogP contribution in [-0.2, 0) is 7.05 Å². The van der Waals surface area contributed by atoms with Crippen LogP contribution in [0.4, 0.5) is 4.39 Å². The standard InChI is InChI=1S/C17H20FN3O/c1-21-16(12-6-5-7-13(18)10-12)11-15(20-21)17(22)19-14-8-3-2-4-9-14/h5-7,10-11,14H,2-4,8-9H2,1H3,(H,19,22). The lowest BCUT2D eigenvalue weighted by Gasteiger charge is -2.22. The first kappa shape index (κ1) is 14.8. The summed E-state index contributed by atoms with van der Waals surface area (Å²) in [7, 11) is 1.76. The Bertz CT molecular complexity index is 674. The molecule has 4 nitrogen and oxygen atoms in total. The molecule has 0 unspecified atom stereocenters. The zero-order valence-corrected chi connectivity index (χ0v) is 12.7. The van der Waals surface area contributed by atoms with Crippen molar-refractivity contribution in [3.05, 3.63) is 41.8 Å². The summed E-state index contributed by atoms with van der Waals surface area (Å²) in [4.78, 5) is 12.3. The molecule has 1 saturated carbocycles. The van der Waals surface area contributed by atoms with Crippen molar-refractivity contribution in [1.29, 1.82) is 0 Å². The van der Waals surface area contributed by atoms with E-state index in [-0.39, 0.29) is 17.8 Å². The number of halogens is 1. The zero-order chi connectivity index (χ0) is 15.5. The van der Waals surface area contributed by atoms with Gasteiger partial charge in [-0.15, -0.1) is 0 Å². The second kappa shape index (κ2) is 6.30. The number of nitrogens with zero attached hydrogens (tertiary/aromatic N) is 2. The van der Waals surface area contributed by atoms with Crippen LogP contribution in [-0.4, -0.2) is 21.7 Å². The highest BCUT2D eigenvalue weighted by Crippen LogP contribution is 2.21. The average Bonchev–Trinajstić information content (AvgIpc) is 2.90. The lowest BCUT2D eigenvalue weighted by Crippen LogP contribution is -2.36. The Morgan fingerprint density at radius 1 is 1.27 bits per heavy atom. The molecule has 1 aliphatic carbocycles. The number of hydrogen-bond donors (Lipinski definition) is 1. The van der Waals surface area contributed by atoms with Crippen LogP contribution in [0.1, 0.15) is 42.6 Å². The molecule has 1 aromatic carbocycles. The quantitative estimate of drug-likeness (QED) is 0.945. The van der Waals surface area contributed by atoms with E-state index < -0.39 is 0 Å². The number of carbonyl (C=O) groups is 1. The molecule has 1 aromatic heterocycles. The van der Waals surface area contributed by atoms with Gasteiger partial charge in [0.05, 0.1) is 5.69 Å². The summed E-state index contributed by atoms with van der Waals surface area (Å²) in [6, 6.07) is 8.27. The normalized spacial score (nSPS) is 15.7. The number of hydrogen-bond acceptors (Lipinski definition) is 2. The monoisotopic (exact) mass is 301 g/mol. The minimum absolute atomic E-state index is 0.148. The van der Waals surface area contributed by atoms with Gasteiger partial charge in [0.1, 0.15) is 5.82 Å². The molecule has 0 atom stereocenters. The van der Waals surface area contributed by atoms with E-state index in [0.29, 0.717) is 11.3 Å². The van der Waals surface area contributed by atoms with Gasteiger partial charge in [0.2, 0.25) is 0 Å². The smallest absolute Gasteiger partial charge is 0.272 e. The summed E-state index contributed by atoms with van der Waals surface area (Å²) >= 11 is 0. The molecular weight excluding hydrogens is 281 g/mol. The maximum atomic E-state index is 13.3. The fourth-order valence-electron chi connectivity index (χ4n) is 3.00. The van der Waals surface area contributed by atoms with E-state index >= 15 is 0 Å². The first-order valence-corrected chi connectivity index (χ1v) is 7.74. The highest BCUT2D eigenvalue weighted by molar-refractivity contribution is 5.93. The van der Waals surface area contributed by atoms with E-state index in [1.54, 1.807) is 23.9 Å². The number of carbonyl (C=O) groups excluding carboxylic acids is 1. The molecule has 1 heterocycles. The summed E-state index contributed by atoms with van der Waals surface area (Å²) < 4.78 is 15.0. The molecule has 3 rings (SSSR count). The third kappa shape index (κ3) is 3.18. The Morgan fingerprint density at radius 2 is 2.05 bits per heavy atom. The van der Waals surface area contributed by atoms with Crippen molar-refractivity contribution < 1.29 is 9.18 Å². The second-order valence-electron chi connectivity index (χ2n) is 5.86. The van der Waals surface area contributed by atoms with Crippen LogP contribution in [0, 0.1) is 5.82 Å². The van der Waals surface area contributed by atoms with Gasteiger partial charge < -0.3 is 5.32 Å². The molecule has 2 aromatic rings. The van der Waals surface area contributed by atoms with Gasteiger partial charge in [-0.1, -0.05) is 31.4 Å². The summed E-state index contributed by atoms with van der Waals surface area (Å²) in [6.07, 6.45) is 5.66. The number of aryl methyl sites for hydroxylation is 1. The van der Waals surface area contributed by atoms with E-state index in [1.165, 1.54) is 31.4 Å². The van der Waals surface area contributed by atoms with Crippen LogP contribution < -0.4 is 5.32 Å². The fraction of sp³-hybridized carbons (Fsp3) is 0.412. The molecule has 1 amide bonds. The van der Waals surface area contributed by atoms with Gasteiger partial charge in [-0.25, -0.2) is 4.39 Å². The predicted octanol–water partition coefficient (Wildman–Crippen LogP) is 3.29. The average molecular weight is 301 g/mol. The topological polar surface area (TPSA) is 46.9 Å². The third-order valence-electron chi connectivity index (χ3n) is 4.17. The summed E-state index contributed by atoms with van der Waals surface area (Å²) in [6.45, 7) is 0. The highest BCUT2D eigenvalue weighted by atomic mass is 19.1. The van der Waals surface area contributed by atoms with Crippen molar-refractivity contribution in [1.82, 2.24) is 15.1 Å². The molecule has 0 spiro atoms. The predicted molar refractivity (Wildman–Crippen MR) is 82.9 cm³/mol. The lowest BCUT2D eigenvalue weighted by molar-refractivity contribution is 0.0922. The van der Waals surface area contributed by atoms with Gasteiger partial charge in [-0.2, -0.15) is 5.10 Å². The minimum atomic E-state index is -0.299. The Morgan fingerprint density at radius 3 is 2.77 bits per heavy atom. The molecule has 1 aliphatic rings. The van der Waals surface area contributed by atoms with E-state index in [2.05, 4.69) is 10.4 Å². The molecule has 1 fully saturated rings. The summed E-state index contributed by atoms with van der Waals surface area (Å²) in [5, 5.41) is 7.31. The van der Waals surface area contributed by atoms with Gasteiger partial charge in [0, 0.05) is 18.7 Å². The Balaban J connectivity index is 1.78. The molecular formula is C17H20FN3O. The zero-order valence-electron chi connectivity index (χ0n) is 12.7. The van der Waals surface area contributed by atoms with Crippen LogP contribution >= 0.6 is 0 Å². The number of rotatable bonds is 3. The molecule has 22 heavy (non-hydrogen) atoms. The number of amides is 1. The van der Waals surface area contributed by atoms with Crippen LogP contribution in [0.2, 0.25) is 0 Å². The van der Waals surface area contributed by atoms with Crippen molar-refractivity contribution in [2.75, 3.05) is 0 Å². The third-order valence-corrected chi connectivity index (χ3v) is 4.17. The van der Waals surface area contributed by atoms with E-state index in [0.717, 1.165) is 18.5 Å². The fourth-order valence-corrected chi connectivity index (χ4v) is 3.00. The SMILES string of the molecule is Cn1nc(C(=O)NC2CCCCC2)cc1-c1cccc(F)c1. The molecule has 0 radical (unpaired) electrons. The molecule has 1 N–H and O–H groups in total. The summed E-state index contributed by atoms with van der Waals surface area (Å²) in [5.41, 5.74) is 1.83. The second-order valence-corrected chi connectivity index (χ2v) is 5.86. The Hall–Kier alpha value is -2.17. The first-order valence-electron chi connectivity index (χ1n) is 7.74. The van der Waals surface area contributed by atoms with E-state index in [1.807, 2.05) is 6.07 Å². The van der Waals surface area contributed by atoms with Crippen LogP contribution in [0.3, 0.4) is 0 Å². The molecule has 116 valence electrons. The van der Waals surface area contributed by atoms with E-state index in [4.69, 9.17) is 0 Å². The van der Waals surface area contributed by atoms with Gasteiger partial charge in [-0.3, -0.25) is 9.48 Å².